The fraction of sp³-hybridized carbons (Fsp3) is 0.696. The first-order valence-electron chi connectivity index (χ1n) is 11.1. The number of nitrogens with zero attached hydrogens (tertiary/aromatic N) is 2. The van der Waals surface area contributed by atoms with Crippen molar-refractivity contribution in [1.29, 1.82) is 0 Å². The van der Waals surface area contributed by atoms with Crippen LogP contribution in [0.4, 0.5) is 0 Å². The third-order valence-electron chi connectivity index (χ3n) is 6.87. The van der Waals surface area contributed by atoms with Crippen LogP contribution in [0.15, 0.2) is 24.3 Å². The summed E-state index contributed by atoms with van der Waals surface area (Å²) in [6, 6.07) is 10.1. The minimum atomic E-state index is 0.258. The van der Waals surface area contributed by atoms with Crippen LogP contribution in [-0.4, -0.2) is 60.5 Å². The summed E-state index contributed by atoms with van der Waals surface area (Å²) in [5, 5.41) is 3.25. The van der Waals surface area contributed by atoms with Crippen molar-refractivity contribution in [2.24, 2.45) is 0 Å². The minimum Gasteiger partial charge on any atom is -0.353 e. The summed E-state index contributed by atoms with van der Waals surface area (Å²) in [5.41, 5.74) is 3.10. The van der Waals surface area contributed by atoms with Crippen LogP contribution in [0.3, 0.4) is 0 Å². The number of carbonyl (C=O) groups excluding carboxylic acids is 1. The van der Waals surface area contributed by atoms with Gasteiger partial charge in [-0.05, 0) is 43.2 Å². The molecule has 1 amide bonds. The molecule has 1 saturated carbocycles. The molecule has 1 aromatic rings. The number of piperazine rings is 1. The molecule has 1 atom stereocenters. The second kappa shape index (κ2) is 9.20. The number of rotatable bonds is 5. The van der Waals surface area contributed by atoms with E-state index in [1.165, 1.54) is 51.4 Å². The topological polar surface area (TPSA) is 35.6 Å². The number of hydrogen-bond acceptors (Lipinski definition) is 3. The van der Waals surface area contributed by atoms with Gasteiger partial charge in [-0.1, -0.05) is 43.5 Å². The van der Waals surface area contributed by atoms with Crippen LogP contribution in [0.5, 0.6) is 0 Å². The number of carbonyl (C=O) groups is 1. The van der Waals surface area contributed by atoms with E-state index in [0.717, 1.165) is 32.7 Å². The molecule has 27 heavy (non-hydrogen) atoms. The molecule has 1 aromatic carbocycles. The molecule has 4 nitrogen and oxygen atoms in total. The Balaban J connectivity index is 1.17. The van der Waals surface area contributed by atoms with E-state index < -0.39 is 0 Å². The van der Waals surface area contributed by atoms with E-state index in [9.17, 15) is 4.79 Å². The standard InChI is InChI=1S/C23H35N3O/c27-23(24-21-8-2-1-3-9-21)12-13-25-14-16-26(17-15-25)22-11-10-19-6-4-5-7-20(19)18-22/h4-7,21-22H,1-3,8-18H2,(H,24,27)/t22-/m1/s1. The number of fused-ring (bicyclic) bond motifs is 1. The van der Waals surface area contributed by atoms with Gasteiger partial charge in [0.25, 0.3) is 0 Å². The Hall–Kier alpha value is -1.39. The van der Waals surface area contributed by atoms with E-state index in [2.05, 4.69) is 39.4 Å². The molecule has 0 bridgehead atoms. The monoisotopic (exact) mass is 369 g/mol. The van der Waals surface area contributed by atoms with E-state index in [1.54, 1.807) is 11.1 Å². The van der Waals surface area contributed by atoms with Crippen molar-refractivity contribution in [3.63, 3.8) is 0 Å². The first-order chi connectivity index (χ1) is 13.3. The second-order valence-electron chi connectivity index (χ2n) is 8.70. The zero-order chi connectivity index (χ0) is 18.5. The van der Waals surface area contributed by atoms with Crippen molar-refractivity contribution in [3.05, 3.63) is 35.4 Å². The normalized spacial score (nSPS) is 25.1. The maximum Gasteiger partial charge on any atom is 0.221 e. The Kier molecular flexibility index (Phi) is 6.46. The lowest BCUT2D eigenvalue weighted by molar-refractivity contribution is -0.122. The third kappa shape index (κ3) is 5.11. The van der Waals surface area contributed by atoms with Gasteiger partial charge in [0.2, 0.25) is 5.91 Å². The van der Waals surface area contributed by atoms with E-state index in [-0.39, 0.29) is 5.91 Å². The molecule has 0 radical (unpaired) electrons. The van der Waals surface area contributed by atoms with Crippen LogP contribution in [0.25, 0.3) is 0 Å². The molecule has 1 aliphatic heterocycles. The predicted molar refractivity (Wildman–Crippen MR) is 110 cm³/mol. The van der Waals surface area contributed by atoms with Gasteiger partial charge in [-0.25, -0.2) is 0 Å². The molecular formula is C23H35N3O. The lowest BCUT2D eigenvalue weighted by atomic mass is 9.87. The van der Waals surface area contributed by atoms with Crippen molar-refractivity contribution >= 4 is 5.91 Å². The average Bonchev–Trinajstić information content (AvgIpc) is 2.73. The molecule has 2 aliphatic carbocycles. The minimum absolute atomic E-state index is 0.258. The number of amides is 1. The van der Waals surface area contributed by atoms with Gasteiger partial charge in [0.1, 0.15) is 0 Å². The van der Waals surface area contributed by atoms with E-state index in [0.29, 0.717) is 18.5 Å². The Morgan fingerprint density at radius 1 is 0.963 bits per heavy atom. The van der Waals surface area contributed by atoms with Gasteiger partial charge in [0.05, 0.1) is 0 Å². The molecule has 3 aliphatic rings. The summed E-state index contributed by atoms with van der Waals surface area (Å²) in [7, 11) is 0. The smallest absolute Gasteiger partial charge is 0.221 e. The number of nitrogens with one attached hydrogen (secondary N) is 1. The zero-order valence-electron chi connectivity index (χ0n) is 16.7. The fourth-order valence-corrected chi connectivity index (χ4v) is 5.15. The molecule has 1 heterocycles. The lowest BCUT2D eigenvalue weighted by Crippen LogP contribution is -2.52. The molecule has 4 rings (SSSR count). The van der Waals surface area contributed by atoms with E-state index in [4.69, 9.17) is 0 Å². The largest absolute Gasteiger partial charge is 0.353 e. The Morgan fingerprint density at radius 3 is 2.48 bits per heavy atom. The van der Waals surface area contributed by atoms with Gasteiger partial charge < -0.3 is 10.2 Å². The molecule has 0 aromatic heterocycles. The summed E-state index contributed by atoms with van der Waals surface area (Å²) < 4.78 is 0. The number of benzene rings is 1. The van der Waals surface area contributed by atoms with Crippen molar-refractivity contribution in [2.45, 2.75) is 69.9 Å². The first-order valence-corrected chi connectivity index (χ1v) is 11.1. The maximum atomic E-state index is 12.2. The highest BCUT2D eigenvalue weighted by molar-refractivity contribution is 5.76. The van der Waals surface area contributed by atoms with E-state index >= 15 is 0 Å². The van der Waals surface area contributed by atoms with E-state index in [1.807, 2.05) is 0 Å². The molecule has 148 valence electrons. The Bertz CT molecular complexity index is 618. The van der Waals surface area contributed by atoms with Crippen LogP contribution in [0.1, 0.15) is 56.1 Å². The molecule has 1 N–H and O–H groups in total. The quantitative estimate of drug-likeness (QED) is 0.867. The summed E-state index contributed by atoms with van der Waals surface area (Å²) in [5.74, 6) is 0.258. The van der Waals surface area contributed by atoms with Crippen LogP contribution in [0, 0.1) is 0 Å². The van der Waals surface area contributed by atoms with Gasteiger partial charge in [0.15, 0.2) is 0 Å². The number of hydrogen-bond donors (Lipinski definition) is 1. The lowest BCUT2D eigenvalue weighted by Gasteiger charge is -2.41. The van der Waals surface area contributed by atoms with Crippen LogP contribution in [-0.2, 0) is 17.6 Å². The SMILES string of the molecule is O=C(CCN1CCN([C@@H]2CCc3ccccc3C2)CC1)NC1CCCCC1. The maximum absolute atomic E-state index is 12.2. The Labute approximate surface area is 164 Å². The summed E-state index contributed by atoms with van der Waals surface area (Å²) in [4.78, 5) is 17.4. The molecule has 1 saturated heterocycles. The predicted octanol–water partition coefficient (Wildman–Crippen LogP) is 3.00. The second-order valence-corrected chi connectivity index (χ2v) is 8.70. The van der Waals surface area contributed by atoms with Crippen molar-refractivity contribution in [2.75, 3.05) is 32.7 Å². The van der Waals surface area contributed by atoms with Gasteiger partial charge in [0, 0.05) is 51.2 Å². The summed E-state index contributed by atoms with van der Waals surface area (Å²) in [6.45, 7) is 5.43. The average molecular weight is 370 g/mol. The summed E-state index contributed by atoms with van der Waals surface area (Å²) >= 11 is 0. The highest BCUT2D eigenvalue weighted by atomic mass is 16.1. The molecular weight excluding hydrogens is 334 g/mol. The van der Waals surface area contributed by atoms with Crippen molar-refractivity contribution < 1.29 is 4.79 Å². The molecule has 4 heteroatoms. The molecule has 0 unspecified atom stereocenters. The van der Waals surface area contributed by atoms with Gasteiger partial charge in [-0.3, -0.25) is 9.69 Å². The van der Waals surface area contributed by atoms with Crippen LogP contribution < -0.4 is 5.32 Å². The fourth-order valence-electron chi connectivity index (χ4n) is 5.15. The zero-order valence-corrected chi connectivity index (χ0v) is 16.7. The van der Waals surface area contributed by atoms with Crippen LogP contribution >= 0.6 is 0 Å². The van der Waals surface area contributed by atoms with Crippen molar-refractivity contribution in [3.8, 4) is 0 Å². The molecule has 0 spiro atoms. The summed E-state index contributed by atoms with van der Waals surface area (Å²) in [6.07, 6.45) is 10.6. The van der Waals surface area contributed by atoms with Gasteiger partial charge in [-0.2, -0.15) is 0 Å². The Morgan fingerprint density at radius 2 is 1.70 bits per heavy atom. The highest BCUT2D eigenvalue weighted by Crippen LogP contribution is 2.25. The van der Waals surface area contributed by atoms with Crippen LogP contribution in [0.2, 0.25) is 0 Å². The van der Waals surface area contributed by atoms with Gasteiger partial charge >= 0.3 is 0 Å². The first kappa shape index (κ1) is 18.9. The highest BCUT2D eigenvalue weighted by Gasteiger charge is 2.27. The van der Waals surface area contributed by atoms with Gasteiger partial charge in [-0.15, -0.1) is 0 Å². The number of aryl methyl sites for hydroxylation is 1. The molecule has 2 fully saturated rings. The third-order valence-corrected chi connectivity index (χ3v) is 6.87. The van der Waals surface area contributed by atoms with Crippen molar-refractivity contribution in [1.82, 2.24) is 15.1 Å².